The van der Waals surface area contributed by atoms with Gasteiger partial charge in [-0.1, -0.05) is 89.4 Å². The number of fused-ring (bicyclic) bond motifs is 1. The minimum Gasteiger partial charge on any atom is -0.488 e. The zero-order chi connectivity index (χ0) is 20.9. The Morgan fingerprint density at radius 2 is 1.47 bits per heavy atom. The highest BCUT2D eigenvalue weighted by Crippen LogP contribution is 2.31. The van der Waals surface area contributed by atoms with E-state index in [-0.39, 0.29) is 0 Å². The molecule has 0 atom stereocenters. The average molecular weight is 436 g/mol. The summed E-state index contributed by atoms with van der Waals surface area (Å²) in [7, 11) is 0. The lowest BCUT2D eigenvalue weighted by molar-refractivity contribution is 0.303. The summed E-state index contributed by atoms with van der Waals surface area (Å²) in [6, 6.07) is 26.5. The van der Waals surface area contributed by atoms with Crippen molar-refractivity contribution >= 4 is 34.0 Å². The molecule has 0 aliphatic carbocycles. The summed E-state index contributed by atoms with van der Waals surface area (Å²) in [6.45, 7) is 3.91. The Bertz CT molecular complexity index is 1140. The molecule has 0 radical (unpaired) electrons. The van der Waals surface area contributed by atoms with Crippen LogP contribution in [0.3, 0.4) is 0 Å². The first-order valence-electron chi connectivity index (χ1n) is 9.94. The molecule has 4 rings (SSSR count). The van der Waals surface area contributed by atoms with Gasteiger partial charge in [0.15, 0.2) is 0 Å². The summed E-state index contributed by atoms with van der Waals surface area (Å²) < 4.78 is 6.20. The van der Waals surface area contributed by atoms with Gasteiger partial charge in [-0.25, -0.2) is 0 Å². The van der Waals surface area contributed by atoms with E-state index < -0.39 is 0 Å². The van der Waals surface area contributed by atoms with E-state index in [4.69, 9.17) is 27.9 Å². The first-order valence-corrected chi connectivity index (χ1v) is 10.7. The van der Waals surface area contributed by atoms with Crippen LogP contribution in [0, 0.1) is 6.92 Å². The third-order valence-corrected chi connectivity index (χ3v) is 5.89. The number of hydrogen-bond acceptors (Lipinski definition) is 2. The fourth-order valence-corrected chi connectivity index (χ4v) is 4.00. The Morgan fingerprint density at radius 1 is 0.733 bits per heavy atom. The minimum atomic E-state index is 0.321. The van der Waals surface area contributed by atoms with Crippen molar-refractivity contribution < 1.29 is 4.74 Å². The molecule has 4 aromatic rings. The molecule has 0 saturated heterocycles. The number of halogens is 2. The van der Waals surface area contributed by atoms with Crippen LogP contribution >= 0.6 is 23.2 Å². The highest BCUT2D eigenvalue weighted by Gasteiger charge is 2.12. The van der Waals surface area contributed by atoms with E-state index in [2.05, 4.69) is 66.8 Å². The summed E-state index contributed by atoms with van der Waals surface area (Å²) >= 11 is 12.6. The highest BCUT2D eigenvalue weighted by molar-refractivity contribution is 6.35. The number of benzene rings is 4. The third-order valence-electron chi connectivity index (χ3n) is 5.18. The Balaban J connectivity index is 1.57. The molecule has 0 amide bonds. The Hall–Kier alpha value is -2.52. The van der Waals surface area contributed by atoms with Crippen LogP contribution < -0.4 is 10.1 Å². The number of rotatable bonds is 7. The molecule has 30 heavy (non-hydrogen) atoms. The second-order valence-electron chi connectivity index (χ2n) is 7.34. The minimum absolute atomic E-state index is 0.321. The lowest BCUT2D eigenvalue weighted by Crippen LogP contribution is -2.14. The maximum absolute atomic E-state index is 6.32. The highest BCUT2D eigenvalue weighted by atomic mass is 35.5. The standard InChI is InChI=1S/C26H23Cl2NO/c1-18-9-11-19(12-10-18)15-29-16-22-21-6-3-2-5-20(21)13-14-26(22)30-17-23-24(27)7-4-8-25(23)28/h2-14,29H,15-17H2,1H3. The van der Waals surface area contributed by atoms with E-state index in [0.29, 0.717) is 23.2 Å². The van der Waals surface area contributed by atoms with Crippen molar-refractivity contribution in [1.82, 2.24) is 5.32 Å². The van der Waals surface area contributed by atoms with Crippen molar-refractivity contribution in [2.45, 2.75) is 26.6 Å². The van der Waals surface area contributed by atoms with Crippen LogP contribution in [0.15, 0.2) is 78.9 Å². The molecule has 0 spiro atoms. The van der Waals surface area contributed by atoms with Crippen molar-refractivity contribution in [3.63, 3.8) is 0 Å². The van der Waals surface area contributed by atoms with Crippen LogP contribution in [0.25, 0.3) is 10.8 Å². The van der Waals surface area contributed by atoms with Gasteiger partial charge in [-0.2, -0.15) is 0 Å². The van der Waals surface area contributed by atoms with Crippen LogP contribution in [-0.4, -0.2) is 0 Å². The van der Waals surface area contributed by atoms with Crippen LogP contribution in [-0.2, 0) is 19.7 Å². The number of aryl methyl sites for hydroxylation is 1. The Morgan fingerprint density at radius 3 is 2.23 bits per heavy atom. The van der Waals surface area contributed by atoms with Crippen LogP contribution in [0.2, 0.25) is 10.0 Å². The first kappa shape index (κ1) is 20.7. The second kappa shape index (κ2) is 9.53. The summed E-state index contributed by atoms with van der Waals surface area (Å²) in [6.07, 6.45) is 0. The van der Waals surface area contributed by atoms with Gasteiger partial charge in [-0.3, -0.25) is 0 Å². The molecule has 0 bridgehead atoms. The molecular formula is C26H23Cl2NO. The van der Waals surface area contributed by atoms with Crippen LogP contribution in [0.1, 0.15) is 22.3 Å². The molecule has 0 fully saturated rings. The zero-order valence-corrected chi connectivity index (χ0v) is 18.3. The number of hydrogen-bond donors (Lipinski definition) is 1. The van der Waals surface area contributed by atoms with Crippen LogP contribution in [0.4, 0.5) is 0 Å². The van der Waals surface area contributed by atoms with E-state index in [9.17, 15) is 0 Å². The molecule has 0 aliphatic heterocycles. The van der Waals surface area contributed by atoms with Crippen molar-refractivity contribution in [2.75, 3.05) is 0 Å². The van der Waals surface area contributed by atoms with Crippen molar-refractivity contribution in [2.24, 2.45) is 0 Å². The van der Waals surface area contributed by atoms with E-state index in [1.807, 2.05) is 24.3 Å². The molecule has 0 aliphatic rings. The quantitative estimate of drug-likeness (QED) is 0.328. The van der Waals surface area contributed by atoms with Gasteiger partial charge in [-0.15, -0.1) is 0 Å². The SMILES string of the molecule is Cc1ccc(CNCc2c(OCc3c(Cl)cccc3Cl)ccc3ccccc23)cc1. The van der Waals surface area contributed by atoms with Crippen molar-refractivity contribution in [1.29, 1.82) is 0 Å². The van der Waals surface area contributed by atoms with E-state index in [1.165, 1.54) is 21.9 Å². The van der Waals surface area contributed by atoms with E-state index in [1.54, 1.807) is 0 Å². The van der Waals surface area contributed by atoms with Gasteiger partial charge in [0.2, 0.25) is 0 Å². The number of nitrogens with one attached hydrogen (secondary N) is 1. The maximum Gasteiger partial charge on any atom is 0.124 e. The molecule has 0 heterocycles. The molecule has 2 nitrogen and oxygen atoms in total. The largest absolute Gasteiger partial charge is 0.488 e. The van der Waals surface area contributed by atoms with E-state index in [0.717, 1.165) is 23.4 Å². The predicted octanol–water partition coefficient (Wildman–Crippen LogP) is 7.32. The maximum atomic E-state index is 6.32. The summed E-state index contributed by atoms with van der Waals surface area (Å²) in [5, 5.41) is 7.15. The molecule has 0 saturated carbocycles. The smallest absolute Gasteiger partial charge is 0.124 e. The Labute approximate surface area is 187 Å². The molecule has 0 aromatic heterocycles. The van der Waals surface area contributed by atoms with Crippen molar-refractivity contribution in [3.8, 4) is 5.75 Å². The van der Waals surface area contributed by atoms with Gasteiger partial charge < -0.3 is 10.1 Å². The molecule has 4 aromatic carbocycles. The van der Waals surface area contributed by atoms with Gasteiger partial charge in [0, 0.05) is 34.3 Å². The van der Waals surface area contributed by atoms with Crippen LogP contribution in [0.5, 0.6) is 5.75 Å². The molecular weight excluding hydrogens is 413 g/mol. The van der Waals surface area contributed by atoms with Gasteiger partial charge in [0.25, 0.3) is 0 Å². The van der Waals surface area contributed by atoms with E-state index >= 15 is 0 Å². The lowest BCUT2D eigenvalue weighted by Gasteiger charge is -2.16. The Kier molecular flexibility index (Phi) is 6.59. The summed E-state index contributed by atoms with van der Waals surface area (Å²) in [4.78, 5) is 0. The third kappa shape index (κ3) is 4.79. The molecule has 152 valence electrons. The molecule has 4 heteroatoms. The number of ether oxygens (including phenoxy) is 1. The monoisotopic (exact) mass is 435 g/mol. The molecule has 0 unspecified atom stereocenters. The average Bonchev–Trinajstić information content (AvgIpc) is 2.75. The van der Waals surface area contributed by atoms with Gasteiger partial charge in [0.1, 0.15) is 12.4 Å². The fraction of sp³-hybridized carbons (Fsp3) is 0.154. The first-order chi connectivity index (χ1) is 14.6. The second-order valence-corrected chi connectivity index (χ2v) is 8.16. The summed E-state index contributed by atoms with van der Waals surface area (Å²) in [5.41, 5.74) is 4.45. The normalized spacial score (nSPS) is 11.0. The summed E-state index contributed by atoms with van der Waals surface area (Å²) in [5.74, 6) is 0.834. The predicted molar refractivity (Wildman–Crippen MR) is 126 cm³/mol. The zero-order valence-electron chi connectivity index (χ0n) is 16.8. The van der Waals surface area contributed by atoms with Gasteiger partial charge in [-0.05, 0) is 41.5 Å². The lowest BCUT2D eigenvalue weighted by atomic mass is 10.0. The fourth-order valence-electron chi connectivity index (χ4n) is 3.49. The van der Waals surface area contributed by atoms with Gasteiger partial charge >= 0.3 is 0 Å². The van der Waals surface area contributed by atoms with Gasteiger partial charge in [0.05, 0.1) is 0 Å². The molecule has 1 N–H and O–H groups in total. The topological polar surface area (TPSA) is 21.3 Å². The van der Waals surface area contributed by atoms with Crippen molar-refractivity contribution in [3.05, 3.63) is 111 Å².